The summed E-state index contributed by atoms with van der Waals surface area (Å²) in [4.78, 5) is 0. The van der Waals surface area contributed by atoms with Crippen molar-refractivity contribution in [1.82, 2.24) is 0 Å². The molecule has 0 unspecified atom stereocenters. The molecular formula is C18H32O2. The van der Waals surface area contributed by atoms with E-state index in [2.05, 4.69) is 32.9 Å². The standard InChI is InChI=1S/C10H18O.C8H14O/c1-9(2)5-4-6-10(3)7-8-11;1-2-3-4-5-6-7-8-9/h5,7,11H,4,6,8H2,1-3H3;2-3,6-7,9H,4-5,8H2,1H3/b10-7-;. The van der Waals surface area contributed by atoms with E-state index >= 15 is 0 Å². The number of allylic oxidation sites excluding steroid dienone is 6. The Hall–Kier alpha value is -1.12. The molecule has 0 bridgehead atoms. The van der Waals surface area contributed by atoms with Gasteiger partial charge in [0.15, 0.2) is 0 Å². The van der Waals surface area contributed by atoms with Gasteiger partial charge in [0.2, 0.25) is 0 Å². The van der Waals surface area contributed by atoms with Gasteiger partial charge in [0.05, 0.1) is 13.2 Å². The second-order valence-electron chi connectivity index (χ2n) is 4.85. The molecule has 20 heavy (non-hydrogen) atoms. The lowest BCUT2D eigenvalue weighted by Crippen LogP contribution is -1.80. The van der Waals surface area contributed by atoms with Crippen LogP contribution in [-0.2, 0) is 0 Å². The molecule has 0 amide bonds. The van der Waals surface area contributed by atoms with E-state index in [1.165, 1.54) is 11.1 Å². The number of hydrogen-bond donors (Lipinski definition) is 2. The van der Waals surface area contributed by atoms with Gasteiger partial charge >= 0.3 is 0 Å². The van der Waals surface area contributed by atoms with Crippen LogP contribution in [0.5, 0.6) is 0 Å². The Morgan fingerprint density at radius 3 is 1.95 bits per heavy atom. The van der Waals surface area contributed by atoms with E-state index in [0.717, 1.165) is 25.7 Å². The number of aliphatic hydroxyl groups excluding tert-OH is 2. The Morgan fingerprint density at radius 2 is 1.45 bits per heavy atom. The fourth-order valence-corrected chi connectivity index (χ4v) is 1.40. The van der Waals surface area contributed by atoms with E-state index in [9.17, 15) is 0 Å². The number of aliphatic hydroxyl groups is 2. The summed E-state index contributed by atoms with van der Waals surface area (Å²) in [6.45, 7) is 8.59. The molecule has 0 aromatic carbocycles. The minimum atomic E-state index is 0.163. The largest absolute Gasteiger partial charge is 0.392 e. The molecule has 2 heteroatoms. The minimum Gasteiger partial charge on any atom is -0.392 e. The SMILES string of the molecule is CC(C)=CCC/C(C)=C\CO.CC=CCCC=CCO. The topological polar surface area (TPSA) is 40.5 Å². The van der Waals surface area contributed by atoms with E-state index in [4.69, 9.17) is 10.2 Å². The van der Waals surface area contributed by atoms with Crippen molar-refractivity contribution < 1.29 is 10.2 Å². The van der Waals surface area contributed by atoms with Gasteiger partial charge in [-0.25, -0.2) is 0 Å². The van der Waals surface area contributed by atoms with E-state index in [1.807, 2.05) is 25.2 Å². The molecule has 0 rings (SSSR count). The third-order valence-electron chi connectivity index (χ3n) is 2.54. The highest BCUT2D eigenvalue weighted by Crippen LogP contribution is 2.05. The van der Waals surface area contributed by atoms with Crippen LogP contribution in [0.2, 0.25) is 0 Å². The van der Waals surface area contributed by atoms with Gasteiger partial charge in [-0.15, -0.1) is 0 Å². The second kappa shape index (κ2) is 17.9. The molecule has 0 heterocycles. The van der Waals surface area contributed by atoms with Crippen molar-refractivity contribution in [3.05, 3.63) is 47.6 Å². The molecule has 0 aromatic heterocycles. The van der Waals surface area contributed by atoms with Crippen molar-refractivity contribution in [3.8, 4) is 0 Å². The van der Waals surface area contributed by atoms with Crippen LogP contribution in [0.25, 0.3) is 0 Å². The molecule has 0 saturated carbocycles. The van der Waals surface area contributed by atoms with Crippen LogP contribution >= 0.6 is 0 Å². The first-order valence-electron chi connectivity index (χ1n) is 7.35. The van der Waals surface area contributed by atoms with Gasteiger partial charge in [-0.3, -0.25) is 0 Å². The third kappa shape index (κ3) is 22.1. The lowest BCUT2D eigenvalue weighted by Gasteiger charge is -1.96. The first-order chi connectivity index (χ1) is 9.58. The smallest absolute Gasteiger partial charge is 0.0614 e. The third-order valence-corrected chi connectivity index (χ3v) is 2.54. The van der Waals surface area contributed by atoms with Gasteiger partial charge < -0.3 is 10.2 Å². The maximum absolute atomic E-state index is 8.55. The highest BCUT2D eigenvalue weighted by Gasteiger charge is 1.86. The molecule has 0 saturated heterocycles. The summed E-state index contributed by atoms with van der Waals surface area (Å²) in [5, 5.41) is 16.9. The van der Waals surface area contributed by atoms with Crippen LogP contribution in [0.1, 0.15) is 53.4 Å². The van der Waals surface area contributed by atoms with Crippen molar-refractivity contribution in [2.75, 3.05) is 13.2 Å². The summed E-state index contributed by atoms with van der Waals surface area (Å²) < 4.78 is 0. The number of rotatable bonds is 8. The molecule has 2 nitrogen and oxygen atoms in total. The predicted octanol–water partition coefficient (Wildman–Crippen LogP) is 4.56. The molecular weight excluding hydrogens is 248 g/mol. The highest BCUT2D eigenvalue weighted by molar-refractivity contribution is 5.01. The lowest BCUT2D eigenvalue weighted by atomic mass is 10.1. The average molecular weight is 280 g/mol. The summed E-state index contributed by atoms with van der Waals surface area (Å²) in [6.07, 6.45) is 16.2. The fraction of sp³-hybridized carbons (Fsp3) is 0.556. The van der Waals surface area contributed by atoms with Gasteiger partial charge in [-0.05, 0) is 53.4 Å². The lowest BCUT2D eigenvalue weighted by molar-refractivity contribution is 0.341. The molecule has 0 aliphatic carbocycles. The zero-order valence-corrected chi connectivity index (χ0v) is 13.6. The summed E-state index contributed by atoms with van der Waals surface area (Å²) in [7, 11) is 0. The Bertz CT molecular complexity index is 305. The van der Waals surface area contributed by atoms with Crippen LogP contribution in [0.4, 0.5) is 0 Å². The zero-order valence-electron chi connectivity index (χ0n) is 13.6. The van der Waals surface area contributed by atoms with Gasteiger partial charge in [0.1, 0.15) is 0 Å². The molecule has 0 spiro atoms. The van der Waals surface area contributed by atoms with Crippen molar-refractivity contribution in [3.63, 3.8) is 0 Å². The van der Waals surface area contributed by atoms with Crippen LogP contribution in [0.15, 0.2) is 47.6 Å². The first kappa shape index (κ1) is 21.2. The van der Waals surface area contributed by atoms with Crippen molar-refractivity contribution in [1.29, 1.82) is 0 Å². The molecule has 116 valence electrons. The predicted molar refractivity (Wildman–Crippen MR) is 89.8 cm³/mol. The molecule has 0 atom stereocenters. The van der Waals surface area contributed by atoms with Gasteiger partial charge in [0, 0.05) is 0 Å². The normalized spacial score (nSPS) is 11.6. The Labute approximate surface area is 125 Å². The molecule has 2 N–H and O–H groups in total. The zero-order chi connectivity index (χ0) is 15.6. The maximum Gasteiger partial charge on any atom is 0.0614 e. The first-order valence-corrected chi connectivity index (χ1v) is 7.35. The Balaban J connectivity index is 0. The molecule has 0 aromatic rings. The maximum atomic E-state index is 8.55. The van der Waals surface area contributed by atoms with Gasteiger partial charge in [-0.2, -0.15) is 0 Å². The van der Waals surface area contributed by atoms with Gasteiger partial charge in [0.25, 0.3) is 0 Å². The summed E-state index contributed by atoms with van der Waals surface area (Å²) in [5.74, 6) is 0. The van der Waals surface area contributed by atoms with E-state index < -0.39 is 0 Å². The van der Waals surface area contributed by atoms with Gasteiger partial charge in [-0.1, -0.05) is 47.6 Å². The van der Waals surface area contributed by atoms with E-state index in [1.54, 1.807) is 6.08 Å². The Morgan fingerprint density at radius 1 is 0.800 bits per heavy atom. The van der Waals surface area contributed by atoms with Crippen LogP contribution in [0.3, 0.4) is 0 Å². The van der Waals surface area contributed by atoms with Crippen LogP contribution in [-0.4, -0.2) is 23.4 Å². The summed E-state index contributed by atoms with van der Waals surface area (Å²) in [6, 6.07) is 0. The minimum absolute atomic E-state index is 0.163. The fourth-order valence-electron chi connectivity index (χ4n) is 1.40. The monoisotopic (exact) mass is 280 g/mol. The number of hydrogen-bond acceptors (Lipinski definition) is 2. The number of unbranched alkanes of at least 4 members (excludes halogenated alkanes) is 1. The summed E-state index contributed by atoms with van der Waals surface area (Å²) in [5.41, 5.74) is 2.63. The molecule has 0 fully saturated rings. The molecule has 0 aliphatic rings. The quantitative estimate of drug-likeness (QED) is 0.505. The van der Waals surface area contributed by atoms with Crippen molar-refractivity contribution in [2.24, 2.45) is 0 Å². The van der Waals surface area contributed by atoms with Crippen molar-refractivity contribution in [2.45, 2.75) is 53.4 Å². The Kier molecular flexibility index (Phi) is 18.9. The van der Waals surface area contributed by atoms with Crippen molar-refractivity contribution >= 4 is 0 Å². The second-order valence-corrected chi connectivity index (χ2v) is 4.85. The molecule has 0 aliphatic heterocycles. The van der Waals surface area contributed by atoms with Crippen LogP contribution in [0, 0.1) is 0 Å². The van der Waals surface area contributed by atoms with E-state index in [-0.39, 0.29) is 13.2 Å². The van der Waals surface area contributed by atoms with Crippen LogP contribution < -0.4 is 0 Å². The summed E-state index contributed by atoms with van der Waals surface area (Å²) >= 11 is 0. The van der Waals surface area contributed by atoms with E-state index in [0.29, 0.717) is 0 Å². The molecule has 0 radical (unpaired) electrons. The highest BCUT2D eigenvalue weighted by atomic mass is 16.3. The average Bonchev–Trinajstić information content (AvgIpc) is 2.39.